The van der Waals surface area contributed by atoms with Crippen molar-refractivity contribution in [3.05, 3.63) is 23.5 Å². The lowest BCUT2D eigenvalue weighted by Crippen LogP contribution is -1.97. The van der Waals surface area contributed by atoms with Crippen LogP contribution in [0.5, 0.6) is 0 Å². The van der Waals surface area contributed by atoms with Gasteiger partial charge in [0.1, 0.15) is 0 Å². The number of rotatable bonds is 3. The maximum atomic E-state index is 7.03. The average Bonchev–Trinajstić information content (AvgIpc) is 2.06. The summed E-state index contributed by atoms with van der Waals surface area (Å²) in [6.07, 6.45) is 7.31. The number of nitrogens with one attached hydrogen (secondary N) is 1. The van der Waals surface area contributed by atoms with Gasteiger partial charge in [-0.25, -0.2) is 0 Å². The largest absolute Gasteiger partial charge is 0.498 e. The number of hydrogen-bond donors (Lipinski definition) is 1. The first kappa shape index (κ1) is 8.05. The lowest BCUT2D eigenvalue weighted by atomic mass is 10.1. The van der Waals surface area contributed by atoms with Crippen LogP contribution >= 0.6 is 0 Å². The number of hydrogen-bond acceptors (Lipinski definition) is 2. The van der Waals surface area contributed by atoms with Gasteiger partial charge in [-0.1, -0.05) is 6.08 Å². The molecule has 1 aliphatic rings. The Morgan fingerprint density at radius 2 is 2.55 bits per heavy atom. The van der Waals surface area contributed by atoms with Crippen molar-refractivity contribution in [2.45, 2.75) is 19.8 Å². The predicted molar refractivity (Wildman–Crippen MR) is 45.8 cm³/mol. The van der Waals surface area contributed by atoms with Gasteiger partial charge in [-0.3, -0.25) is 0 Å². The van der Waals surface area contributed by atoms with E-state index in [2.05, 4.69) is 6.08 Å². The van der Waals surface area contributed by atoms with Crippen molar-refractivity contribution in [1.82, 2.24) is 0 Å². The summed E-state index contributed by atoms with van der Waals surface area (Å²) in [5.41, 5.74) is 0.958. The molecule has 0 radical (unpaired) electrons. The van der Waals surface area contributed by atoms with Gasteiger partial charge in [0.05, 0.1) is 12.4 Å². The van der Waals surface area contributed by atoms with E-state index in [1.54, 1.807) is 0 Å². The summed E-state index contributed by atoms with van der Waals surface area (Å²) in [6, 6.07) is 0. The summed E-state index contributed by atoms with van der Waals surface area (Å²) in [4.78, 5) is 0. The lowest BCUT2D eigenvalue weighted by molar-refractivity contribution is 0.218. The Morgan fingerprint density at radius 1 is 1.73 bits per heavy atom. The first-order valence-electron chi connectivity index (χ1n) is 3.91. The van der Waals surface area contributed by atoms with Crippen molar-refractivity contribution in [3.63, 3.8) is 0 Å². The van der Waals surface area contributed by atoms with Gasteiger partial charge < -0.3 is 10.1 Å². The second-order valence-corrected chi connectivity index (χ2v) is 2.43. The van der Waals surface area contributed by atoms with E-state index >= 15 is 0 Å². The standard InChI is InChI=1S/C9H13NO/c1-2-11-9-5-3-4-8(6-9)7-10/h4,6-7,10H,2-3,5H2,1H3. The van der Waals surface area contributed by atoms with E-state index < -0.39 is 0 Å². The van der Waals surface area contributed by atoms with Crippen LogP contribution in [0.2, 0.25) is 0 Å². The summed E-state index contributed by atoms with van der Waals surface area (Å²) < 4.78 is 5.33. The van der Waals surface area contributed by atoms with Gasteiger partial charge in [-0.15, -0.1) is 0 Å². The molecule has 0 aliphatic heterocycles. The Kier molecular flexibility index (Phi) is 2.90. The molecule has 1 aliphatic carbocycles. The molecule has 1 N–H and O–H groups in total. The van der Waals surface area contributed by atoms with E-state index in [1.165, 1.54) is 6.21 Å². The van der Waals surface area contributed by atoms with Crippen LogP contribution in [0.25, 0.3) is 0 Å². The molecule has 11 heavy (non-hydrogen) atoms. The molecule has 1 rings (SSSR count). The first-order chi connectivity index (χ1) is 5.36. The maximum absolute atomic E-state index is 7.03. The Morgan fingerprint density at radius 3 is 3.18 bits per heavy atom. The maximum Gasteiger partial charge on any atom is 0.0969 e. The third-order valence-electron chi connectivity index (χ3n) is 1.59. The number of ether oxygens (including phenoxy) is 1. The van der Waals surface area contributed by atoms with Crippen LogP contribution in [-0.4, -0.2) is 12.8 Å². The molecule has 0 fully saturated rings. The molecule has 0 aromatic carbocycles. The molecule has 2 nitrogen and oxygen atoms in total. The second kappa shape index (κ2) is 3.96. The fraction of sp³-hybridized carbons (Fsp3) is 0.444. The predicted octanol–water partition coefficient (Wildman–Crippen LogP) is 2.28. The summed E-state index contributed by atoms with van der Waals surface area (Å²) in [5, 5.41) is 7.03. The molecule has 0 amide bonds. The van der Waals surface area contributed by atoms with Crippen LogP contribution in [0.4, 0.5) is 0 Å². The molecule has 0 unspecified atom stereocenters. The molecule has 60 valence electrons. The van der Waals surface area contributed by atoms with E-state index in [0.29, 0.717) is 0 Å². The molecule has 0 aromatic heterocycles. The first-order valence-corrected chi connectivity index (χ1v) is 3.91. The topological polar surface area (TPSA) is 33.1 Å². The quantitative estimate of drug-likeness (QED) is 0.617. The minimum absolute atomic E-state index is 0.719. The zero-order valence-electron chi connectivity index (χ0n) is 6.76. The molecule has 0 aromatic rings. The minimum atomic E-state index is 0.719. The van der Waals surface area contributed by atoms with Crippen molar-refractivity contribution in [2.75, 3.05) is 6.61 Å². The van der Waals surface area contributed by atoms with Crippen molar-refractivity contribution in [3.8, 4) is 0 Å². The van der Waals surface area contributed by atoms with Crippen LogP contribution in [0.1, 0.15) is 19.8 Å². The highest BCUT2D eigenvalue weighted by Gasteiger charge is 2.03. The number of allylic oxidation sites excluding steroid dienone is 4. The van der Waals surface area contributed by atoms with Crippen molar-refractivity contribution in [1.29, 1.82) is 5.41 Å². The van der Waals surface area contributed by atoms with Crippen molar-refractivity contribution >= 4 is 6.21 Å². The van der Waals surface area contributed by atoms with Gasteiger partial charge >= 0.3 is 0 Å². The molecule has 0 atom stereocenters. The van der Waals surface area contributed by atoms with Gasteiger partial charge in [-0.05, 0) is 25.0 Å². The third kappa shape index (κ3) is 2.22. The molecule has 0 bridgehead atoms. The highest BCUT2D eigenvalue weighted by molar-refractivity contribution is 5.80. The molecule has 2 heteroatoms. The Bertz CT molecular complexity index is 204. The molecule has 0 heterocycles. The van der Waals surface area contributed by atoms with E-state index in [1.807, 2.05) is 13.0 Å². The SMILES string of the molecule is CCOC1=CC(C=N)=CCC1. The van der Waals surface area contributed by atoms with Gasteiger partial charge in [0.25, 0.3) is 0 Å². The van der Waals surface area contributed by atoms with Crippen LogP contribution < -0.4 is 0 Å². The fourth-order valence-electron chi connectivity index (χ4n) is 1.10. The van der Waals surface area contributed by atoms with Crippen LogP contribution in [-0.2, 0) is 4.74 Å². The summed E-state index contributed by atoms with van der Waals surface area (Å²) in [7, 11) is 0. The highest BCUT2D eigenvalue weighted by atomic mass is 16.5. The molecular weight excluding hydrogens is 138 g/mol. The van der Waals surface area contributed by atoms with Crippen molar-refractivity contribution < 1.29 is 4.74 Å². The van der Waals surface area contributed by atoms with E-state index in [4.69, 9.17) is 10.1 Å². The second-order valence-electron chi connectivity index (χ2n) is 2.43. The van der Waals surface area contributed by atoms with E-state index in [9.17, 15) is 0 Å². The van der Waals surface area contributed by atoms with Gasteiger partial charge in [0, 0.05) is 12.6 Å². The van der Waals surface area contributed by atoms with Crippen LogP contribution in [0.15, 0.2) is 23.5 Å². The van der Waals surface area contributed by atoms with Crippen molar-refractivity contribution in [2.24, 2.45) is 0 Å². The minimum Gasteiger partial charge on any atom is -0.498 e. The van der Waals surface area contributed by atoms with E-state index in [0.717, 1.165) is 30.8 Å². The fourth-order valence-corrected chi connectivity index (χ4v) is 1.10. The zero-order chi connectivity index (χ0) is 8.10. The Balaban J connectivity index is 2.60. The van der Waals surface area contributed by atoms with Gasteiger partial charge in [0.15, 0.2) is 0 Å². The smallest absolute Gasteiger partial charge is 0.0969 e. The molecule has 0 saturated carbocycles. The summed E-state index contributed by atoms with van der Waals surface area (Å²) in [6.45, 7) is 2.69. The average molecular weight is 151 g/mol. The monoisotopic (exact) mass is 151 g/mol. The molecular formula is C9H13NO. The van der Waals surface area contributed by atoms with Crippen LogP contribution in [0.3, 0.4) is 0 Å². The van der Waals surface area contributed by atoms with E-state index in [-0.39, 0.29) is 0 Å². The molecule has 0 spiro atoms. The van der Waals surface area contributed by atoms with Gasteiger partial charge in [0.2, 0.25) is 0 Å². The summed E-state index contributed by atoms with van der Waals surface area (Å²) >= 11 is 0. The van der Waals surface area contributed by atoms with Gasteiger partial charge in [-0.2, -0.15) is 0 Å². The third-order valence-corrected chi connectivity index (χ3v) is 1.59. The van der Waals surface area contributed by atoms with Crippen LogP contribution in [0, 0.1) is 5.41 Å². The summed E-state index contributed by atoms with van der Waals surface area (Å²) in [5.74, 6) is 1.01. The lowest BCUT2D eigenvalue weighted by Gasteiger charge is -2.11. The Hall–Kier alpha value is -1.05. The zero-order valence-corrected chi connectivity index (χ0v) is 6.76. The molecule has 0 saturated heterocycles. The Labute approximate surface area is 67.1 Å². The normalized spacial score (nSPS) is 16.8. The highest BCUT2D eigenvalue weighted by Crippen LogP contribution is 2.16.